The second-order valence-corrected chi connectivity index (χ2v) is 6.94. The zero-order valence-corrected chi connectivity index (χ0v) is 15.4. The molecule has 0 spiro atoms. The highest BCUT2D eigenvalue weighted by Gasteiger charge is 2.16. The van der Waals surface area contributed by atoms with Crippen molar-refractivity contribution >= 4 is 27.5 Å². The molecule has 0 aliphatic carbocycles. The Labute approximate surface area is 146 Å². The minimum atomic E-state index is -0.0306. The van der Waals surface area contributed by atoms with Crippen molar-refractivity contribution in [3.63, 3.8) is 0 Å². The van der Waals surface area contributed by atoms with Crippen LogP contribution in [0.3, 0.4) is 0 Å². The maximum atomic E-state index is 12.2. The Morgan fingerprint density at radius 3 is 2.43 bits per heavy atom. The third kappa shape index (κ3) is 5.19. The topological polar surface area (TPSA) is 41.1 Å². The molecule has 1 atom stereocenters. The van der Waals surface area contributed by atoms with E-state index in [0.29, 0.717) is 5.92 Å². The second-order valence-electron chi connectivity index (χ2n) is 6.02. The summed E-state index contributed by atoms with van der Waals surface area (Å²) < 4.78 is 1.01. The molecule has 3 nitrogen and oxygen atoms in total. The molecule has 0 aromatic heterocycles. The van der Waals surface area contributed by atoms with Crippen LogP contribution in [0.25, 0.3) is 0 Å². The number of aryl methyl sites for hydroxylation is 1. The predicted molar refractivity (Wildman–Crippen MR) is 99.5 cm³/mol. The zero-order chi connectivity index (χ0) is 16.8. The number of halogens is 1. The Bertz CT molecular complexity index is 656. The minimum Gasteiger partial charge on any atom is -0.325 e. The van der Waals surface area contributed by atoms with Gasteiger partial charge in [-0.1, -0.05) is 60.1 Å². The number of rotatable bonds is 6. The fourth-order valence-corrected chi connectivity index (χ4v) is 3.04. The molecule has 23 heavy (non-hydrogen) atoms. The molecule has 0 bridgehead atoms. The van der Waals surface area contributed by atoms with E-state index in [1.54, 1.807) is 0 Å². The first kappa shape index (κ1) is 17.7. The van der Waals surface area contributed by atoms with Crippen LogP contribution in [0.15, 0.2) is 53.0 Å². The third-order valence-corrected chi connectivity index (χ3v) is 4.26. The lowest BCUT2D eigenvalue weighted by molar-refractivity contribution is -0.115. The number of hydrogen-bond acceptors (Lipinski definition) is 2. The first-order chi connectivity index (χ1) is 11.0. The van der Waals surface area contributed by atoms with Crippen molar-refractivity contribution in [3.05, 3.63) is 64.1 Å². The Morgan fingerprint density at radius 2 is 1.83 bits per heavy atom. The standard InChI is InChI=1S/C19H23BrN2O/c1-13(2)19(15-7-5-4-6-8-15)21-12-18(23)22-17-10-9-16(20)11-14(17)3/h4-11,13,19,21H,12H2,1-3H3,(H,22,23)/t19-/m0/s1. The van der Waals surface area contributed by atoms with Crippen molar-refractivity contribution < 1.29 is 4.79 Å². The molecule has 2 N–H and O–H groups in total. The van der Waals surface area contributed by atoms with Gasteiger partial charge < -0.3 is 10.6 Å². The van der Waals surface area contributed by atoms with Gasteiger partial charge in [-0.25, -0.2) is 0 Å². The largest absolute Gasteiger partial charge is 0.325 e. The zero-order valence-electron chi connectivity index (χ0n) is 13.8. The van der Waals surface area contributed by atoms with E-state index in [2.05, 4.69) is 52.5 Å². The molecule has 2 rings (SSSR count). The highest BCUT2D eigenvalue weighted by molar-refractivity contribution is 9.10. The predicted octanol–water partition coefficient (Wildman–Crippen LogP) is 4.68. The van der Waals surface area contributed by atoms with Crippen LogP contribution in [0, 0.1) is 12.8 Å². The Balaban J connectivity index is 1.97. The van der Waals surface area contributed by atoms with Crippen LogP contribution in [0.2, 0.25) is 0 Å². The summed E-state index contributed by atoms with van der Waals surface area (Å²) in [5.74, 6) is 0.372. The molecule has 0 fully saturated rings. The fourth-order valence-electron chi connectivity index (χ4n) is 2.56. The molecule has 1 amide bonds. The Hall–Kier alpha value is -1.65. The quantitative estimate of drug-likeness (QED) is 0.770. The average Bonchev–Trinajstić information content (AvgIpc) is 2.51. The van der Waals surface area contributed by atoms with Gasteiger partial charge in [-0.3, -0.25) is 4.79 Å². The van der Waals surface area contributed by atoms with Crippen molar-refractivity contribution in [2.75, 3.05) is 11.9 Å². The number of carbonyl (C=O) groups excluding carboxylic acids is 1. The van der Waals surface area contributed by atoms with Gasteiger partial charge in [0.05, 0.1) is 6.54 Å². The number of hydrogen-bond donors (Lipinski definition) is 2. The van der Waals surface area contributed by atoms with E-state index in [1.807, 2.05) is 43.3 Å². The molecule has 0 saturated carbocycles. The molecular weight excluding hydrogens is 352 g/mol. The number of nitrogens with one attached hydrogen (secondary N) is 2. The molecule has 0 heterocycles. The first-order valence-electron chi connectivity index (χ1n) is 7.81. The smallest absolute Gasteiger partial charge is 0.238 e. The highest BCUT2D eigenvalue weighted by atomic mass is 79.9. The van der Waals surface area contributed by atoms with Gasteiger partial charge in [0.15, 0.2) is 0 Å². The minimum absolute atomic E-state index is 0.0306. The lowest BCUT2D eigenvalue weighted by Crippen LogP contribution is -2.33. The van der Waals surface area contributed by atoms with E-state index < -0.39 is 0 Å². The Morgan fingerprint density at radius 1 is 1.13 bits per heavy atom. The molecule has 0 saturated heterocycles. The van der Waals surface area contributed by atoms with Crippen LogP contribution in [-0.2, 0) is 4.79 Å². The molecule has 4 heteroatoms. The van der Waals surface area contributed by atoms with Crippen LogP contribution in [-0.4, -0.2) is 12.5 Å². The van der Waals surface area contributed by atoms with E-state index in [-0.39, 0.29) is 18.5 Å². The molecule has 2 aromatic rings. The lowest BCUT2D eigenvalue weighted by atomic mass is 9.96. The van der Waals surface area contributed by atoms with Crippen LogP contribution in [0.4, 0.5) is 5.69 Å². The highest BCUT2D eigenvalue weighted by Crippen LogP contribution is 2.22. The number of anilines is 1. The summed E-state index contributed by atoms with van der Waals surface area (Å²) in [6.07, 6.45) is 0. The third-order valence-electron chi connectivity index (χ3n) is 3.77. The monoisotopic (exact) mass is 374 g/mol. The van der Waals surface area contributed by atoms with Gasteiger partial charge in [0.2, 0.25) is 5.91 Å². The van der Waals surface area contributed by atoms with E-state index in [1.165, 1.54) is 5.56 Å². The van der Waals surface area contributed by atoms with E-state index in [4.69, 9.17) is 0 Å². The summed E-state index contributed by atoms with van der Waals surface area (Å²) in [5.41, 5.74) is 3.09. The lowest BCUT2D eigenvalue weighted by Gasteiger charge is -2.23. The van der Waals surface area contributed by atoms with E-state index in [9.17, 15) is 4.79 Å². The number of benzene rings is 2. The van der Waals surface area contributed by atoms with E-state index in [0.717, 1.165) is 15.7 Å². The van der Waals surface area contributed by atoms with Gasteiger partial charge in [-0.15, -0.1) is 0 Å². The number of carbonyl (C=O) groups is 1. The summed E-state index contributed by atoms with van der Waals surface area (Å²) in [6.45, 7) is 6.57. The van der Waals surface area contributed by atoms with Gasteiger partial charge in [0, 0.05) is 16.2 Å². The van der Waals surface area contributed by atoms with Gasteiger partial charge in [0.25, 0.3) is 0 Å². The average molecular weight is 375 g/mol. The second kappa shape index (κ2) is 8.27. The van der Waals surface area contributed by atoms with Gasteiger partial charge in [-0.05, 0) is 42.2 Å². The maximum Gasteiger partial charge on any atom is 0.238 e. The van der Waals surface area contributed by atoms with Crippen molar-refractivity contribution in [3.8, 4) is 0 Å². The van der Waals surface area contributed by atoms with Crippen molar-refractivity contribution in [1.29, 1.82) is 0 Å². The molecule has 0 radical (unpaired) electrons. The first-order valence-corrected chi connectivity index (χ1v) is 8.61. The van der Waals surface area contributed by atoms with Gasteiger partial charge >= 0.3 is 0 Å². The van der Waals surface area contributed by atoms with Crippen LogP contribution < -0.4 is 10.6 Å². The SMILES string of the molecule is Cc1cc(Br)ccc1NC(=O)CN[C@H](c1ccccc1)C(C)C. The normalized spacial score (nSPS) is 12.2. The molecule has 0 aliphatic heterocycles. The van der Waals surface area contributed by atoms with Crippen LogP contribution >= 0.6 is 15.9 Å². The number of amides is 1. The summed E-state index contributed by atoms with van der Waals surface area (Å²) >= 11 is 3.43. The van der Waals surface area contributed by atoms with E-state index >= 15 is 0 Å². The summed E-state index contributed by atoms with van der Waals surface area (Å²) in [5, 5.41) is 6.33. The molecule has 2 aromatic carbocycles. The van der Waals surface area contributed by atoms with Crippen molar-refractivity contribution in [2.45, 2.75) is 26.8 Å². The summed E-state index contributed by atoms with van der Waals surface area (Å²) in [4.78, 5) is 12.2. The summed E-state index contributed by atoms with van der Waals surface area (Å²) in [6, 6.07) is 16.2. The van der Waals surface area contributed by atoms with Crippen molar-refractivity contribution in [2.24, 2.45) is 5.92 Å². The molecular formula is C19H23BrN2O. The maximum absolute atomic E-state index is 12.2. The van der Waals surface area contributed by atoms with Crippen molar-refractivity contribution in [1.82, 2.24) is 5.32 Å². The van der Waals surface area contributed by atoms with Crippen LogP contribution in [0.5, 0.6) is 0 Å². The molecule has 0 aliphatic rings. The summed E-state index contributed by atoms with van der Waals surface area (Å²) in [7, 11) is 0. The fraction of sp³-hybridized carbons (Fsp3) is 0.316. The van der Waals surface area contributed by atoms with Crippen LogP contribution in [0.1, 0.15) is 31.0 Å². The Kier molecular flexibility index (Phi) is 6.37. The van der Waals surface area contributed by atoms with Gasteiger partial charge in [-0.2, -0.15) is 0 Å². The molecule has 0 unspecified atom stereocenters. The molecule has 122 valence electrons. The van der Waals surface area contributed by atoms with Gasteiger partial charge in [0.1, 0.15) is 0 Å².